The predicted molar refractivity (Wildman–Crippen MR) is 97.0 cm³/mol. The van der Waals surface area contributed by atoms with Gasteiger partial charge in [0.2, 0.25) is 0 Å². The molecule has 0 aliphatic carbocycles. The molecular weight excluding hydrogens is 375 g/mol. The van der Waals surface area contributed by atoms with Crippen LogP contribution in [-0.2, 0) is 9.59 Å². The number of halogens is 2. The van der Waals surface area contributed by atoms with E-state index in [1.165, 1.54) is 28.4 Å². The molecule has 23 heavy (non-hydrogen) atoms. The first-order chi connectivity index (χ1) is 11.0. The van der Waals surface area contributed by atoms with E-state index in [0.29, 0.717) is 15.7 Å². The molecule has 0 spiro atoms. The predicted octanol–water partition coefficient (Wildman–Crippen LogP) is 3.89. The molecule has 1 aromatic carbocycles. The van der Waals surface area contributed by atoms with Gasteiger partial charge < -0.3 is 0 Å². The number of carbonyl (C=O) groups excluding carboxylic acids is 2. The second-order valence-corrected chi connectivity index (χ2v) is 6.75. The Kier molecular flexibility index (Phi) is 4.50. The first-order valence-corrected chi connectivity index (χ1v) is 8.42. The molecule has 1 aliphatic rings. The van der Waals surface area contributed by atoms with E-state index in [9.17, 15) is 9.59 Å². The lowest BCUT2D eigenvalue weighted by Crippen LogP contribution is -2.54. The maximum Gasteiger partial charge on any atom is 0.270 e. The number of carbonyl (C=O) groups is 2. The summed E-state index contributed by atoms with van der Waals surface area (Å²) >= 11 is 18.4. The lowest BCUT2D eigenvalue weighted by Gasteiger charge is -2.29. The summed E-state index contributed by atoms with van der Waals surface area (Å²) in [6.07, 6.45) is 1.54. The summed E-state index contributed by atoms with van der Waals surface area (Å²) in [5.41, 5.74) is 0.443. The van der Waals surface area contributed by atoms with E-state index in [-0.39, 0.29) is 10.7 Å². The summed E-state index contributed by atoms with van der Waals surface area (Å²) < 4.78 is 0. The van der Waals surface area contributed by atoms with Crippen molar-refractivity contribution in [2.75, 3.05) is 4.90 Å². The van der Waals surface area contributed by atoms with Crippen molar-refractivity contribution in [3.63, 3.8) is 0 Å². The highest BCUT2D eigenvalue weighted by Crippen LogP contribution is 2.29. The Morgan fingerprint density at radius 3 is 2.61 bits per heavy atom. The summed E-state index contributed by atoms with van der Waals surface area (Å²) in [5, 5.41) is 5.03. The molecule has 0 radical (unpaired) electrons. The van der Waals surface area contributed by atoms with Gasteiger partial charge in [-0.05, 0) is 47.9 Å². The number of thiophene rings is 1. The normalized spacial score (nSPS) is 16.9. The highest BCUT2D eigenvalue weighted by atomic mass is 35.5. The van der Waals surface area contributed by atoms with E-state index in [1.54, 1.807) is 12.1 Å². The molecule has 116 valence electrons. The molecule has 0 atom stereocenters. The molecule has 2 aromatic rings. The van der Waals surface area contributed by atoms with E-state index in [4.69, 9.17) is 35.4 Å². The number of nitrogens with zero attached hydrogens (tertiary/aromatic N) is 1. The zero-order valence-electron chi connectivity index (χ0n) is 11.4. The van der Waals surface area contributed by atoms with Crippen LogP contribution in [0.3, 0.4) is 0 Å². The van der Waals surface area contributed by atoms with Gasteiger partial charge in [0.05, 0.1) is 15.7 Å². The molecule has 1 N–H and O–H groups in total. The fourth-order valence-electron chi connectivity index (χ4n) is 2.03. The molecule has 1 aliphatic heterocycles. The van der Waals surface area contributed by atoms with Crippen LogP contribution in [0.25, 0.3) is 6.08 Å². The van der Waals surface area contributed by atoms with Gasteiger partial charge in [0.15, 0.2) is 5.11 Å². The third-order valence-electron chi connectivity index (χ3n) is 3.09. The molecule has 0 saturated carbocycles. The maximum absolute atomic E-state index is 12.7. The number of hydrogen-bond donors (Lipinski definition) is 1. The summed E-state index contributed by atoms with van der Waals surface area (Å²) in [6, 6.07) is 8.35. The van der Waals surface area contributed by atoms with Gasteiger partial charge >= 0.3 is 0 Å². The fraction of sp³-hybridized carbons (Fsp3) is 0. The fourth-order valence-corrected chi connectivity index (χ4v) is 3.26. The third kappa shape index (κ3) is 3.16. The van der Waals surface area contributed by atoms with Crippen LogP contribution < -0.4 is 10.2 Å². The highest BCUT2D eigenvalue weighted by Gasteiger charge is 2.34. The van der Waals surface area contributed by atoms with Gasteiger partial charge in [-0.3, -0.25) is 19.8 Å². The minimum atomic E-state index is -0.523. The average molecular weight is 383 g/mol. The monoisotopic (exact) mass is 382 g/mol. The summed E-state index contributed by atoms with van der Waals surface area (Å²) in [4.78, 5) is 26.8. The minimum Gasteiger partial charge on any atom is -0.298 e. The van der Waals surface area contributed by atoms with Crippen molar-refractivity contribution in [2.45, 2.75) is 0 Å². The third-order valence-corrected chi connectivity index (χ3v) is 4.94. The molecule has 1 aromatic heterocycles. The minimum absolute atomic E-state index is 0.00159. The lowest BCUT2D eigenvalue weighted by atomic mass is 10.1. The van der Waals surface area contributed by atoms with E-state index in [0.717, 1.165) is 4.88 Å². The molecule has 4 nitrogen and oxygen atoms in total. The van der Waals surface area contributed by atoms with E-state index in [2.05, 4.69) is 5.32 Å². The first-order valence-electron chi connectivity index (χ1n) is 6.37. The topological polar surface area (TPSA) is 49.4 Å². The molecule has 3 rings (SSSR count). The highest BCUT2D eigenvalue weighted by molar-refractivity contribution is 7.80. The molecular formula is C15H8Cl2N2O2S2. The van der Waals surface area contributed by atoms with Crippen LogP contribution in [0.5, 0.6) is 0 Å². The SMILES string of the molecule is O=C1NC(=S)N(c2ccc(Cl)c(Cl)c2)C(=O)/C1=C\c1cccs1. The molecule has 0 unspecified atom stereocenters. The zero-order chi connectivity index (χ0) is 16.6. The number of anilines is 1. The van der Waals surface area contributed by atoms with E-state index >= 15 is 0 Å². The Bertz CT molecular complexity index is 847. The molecule has 8 heteroatoms. The smallest absolute Gasteiger partial charge is 0.270 e. The lowest BCUT2D eigenvalue weighted by molar-refractivity contribution is -0.122. The Morgan fingerprint density at radius 2 is 1.96 bits per heavy atom. The van der Waals surface area contributed by atoms with Crippen LogP contribution in [0.1, 0.15) is 4.88 Å². The van der Waals surface area contributed by atoms with Crippen LogP contribution in [-0.4, -0.2) is 16.9 Å². The number of rotatable bonds is 2. The Labute approximate surface area is 151 Å². The summed E-state index contributed by atoms with van der Waals surface area (Å²) in [7, 11) is 0. The van der Waals surface area contributed by atoms with Crippen LogP contribution in [0.15, 0.2) is 41.3 Å². The van der Waals surface area contributed by atoms with Crippen LogP contribution in [0, 0.1) is 0 Å². The number of hydrogen-bond acceptors (Lipinski definition) is 4. The molecule has 2 heterocycles. The quantitative estimate of drug-likeness (QED) is 0.486. The first kappa shape index (κ1) is 16.1. The van der Waals surface area contributed by atoms with Crippen molar-refractivity contribution >= 4 is 75.4 Å². The van der Waals surface area contributed by atoms with Gasteiger partial charge in [-0.25, -0.2) is 0 Å². The van der Waals surface area contributed by atoms with Crippen molar-refractivity contribution in [3.05, 3.63) is 56.2 Å². The second kappa shape index (κ2) is 6.41. The van der Waals surface area contributed by atoms with Crippen LogP contribution in [0.4, 0.5) is 5.69 Å². The van der Waals surface area contributed by atoms with Gasteiger partial charge in [-0.1, -0.05) is 29.3 Å². The van der Waals surface area contributed by atoms with Crippen molar-refractivity contribution < 1.29 is 9.59 Å². The van der Waals surface area contributed by atoms with Gasteiger partial charge in [-0.15, -0.1) is 11.3 Å². The van der Waals surface area contributed by atoms with E-state index < -0.39 is 11.8 Å². The van der Waals surface area contributed by atoms with Crippen LogP contribution >= 0.6 is 46.8 Å². The summed E-state index contributed by atoms with van der Waals surface area (Å²) in [5.74, 6) is -1.03. The molecule has 1 fully saturated rings. The second-order valence-electron chi connectivity index (χ2n) is 4.57. The van der Waals surface area contributed by atoms with Gasteiger partial charge in [0.1, 0.15) is 5.57 Å². The number of amides is 2. The van der Waals surface area contributed by atoms with Gasteiger partial charge in [0, 0.05) is 4.88 Å². The van der Waals surface area contributed by atoms with Crippen LogP contribution in [0.2, 0.25) is 10.0 Å². The van der Waals surface area contributed by atoms with Gasteiger partial charge in [0.25, 0.3) is 11.8 Å². The largest absolute Gasteiger partial charge is 0.298 e. The van der Waals surface area contributed by atoms with Gasteiger partial charge in [-0.2, -0.15) is 0 Å². The molecule has 2 amide bonds. The average Bonchev–Trinajstić information content (AvgIpc) is 3.00. The Hall–Kier alpha value is -1.73. The molecule has 0 bridgehead atoms. The van der Waals surface area contributed by atoms with E-state index in [1.807, 2.05) is 17.5 Å². The zero-order valence-corrected chi connectivity index (χ0v) is 14.5. The molecule has 1 saturated heterocycles. The number of thiocarbonyl (C=S) groups is 1. The Morgan fingerprint density at radius 1 is 1.17 bits per heavy atom. The summed E-state index contributed by atoms with van der Waals surface area (Å²) in [6.45, 7) is 0. The standard InChI is InChI=1S/C15H8Cl2N2O2S2/c16-11-4-3-8(6-12(11)17)19-14(21)10(13(20)18-15(19)22)7-9-2-1-5-23-9/h1-7H,(H,18,20,22)/b10-7-. The number of benzene rings is 1. The number of nitrogens with one attached hydrogen (secondary N) is 1. The van der Waals surface area contributed by atoms with Crippen molar-refractivity contribution in [3.8, 4) is 0 Å². The Balaban J connectivity index is 2.03. The van der Waals surface area contributed by atoms with Crippen molar-refractivity contribution in [1.29, 1.82) is 0 Å². The van der Waals surface area contributed by atoms with Crippen molar-refractivity contribution in [1.82, 2.24) is 5.32 Å². The maximum atomic E-state index is 12.7. The van der Waals surface area contributed by atoms with Crippen molar-refractivity contribution in [2.24, 2.45) is 0 Å².